The van der Waals surface area contributed by atoms with Crippen LogP contribution >= 0.6 is 0 Å². The van der Waals surface area contributed by atoms with E-state index in [4.69, 9.17) is 5.73 Å². The van der Waals surface area contributed by atoms with Crippen molar-refractivity contribution in [2.24, 2.45) is 29.4 Å². The average Bonchev–Trinajstić information content (AvgIpc) is 2.67. The van der Waals surface area contributed by atoms with Crippen molar-refractivity contribution in [2.45, 2.75) is 61.8 Å². The Morgan fingerprint density at radius 3 is 1.88 bits per heavy atom. The van der Waals surface area contributed by atoms with Crippen molar-refractivity contribution >= 4 is 11.9 Å². The van der Waals surface area contributed by atoms with Crippen LogP contribution in [0, 0.1) is 23.7 Å². The number of carboxylic acid groups (broad SMARTS) is 1. The van der Waals surface area contributed by atoms with E-state index in [1.807, 2.05) is 6.92 Å². The molecule has 1 saturated heterocycles. The summed E-state index contributed by atoms with van der Waals surface area (Å²) >= 11 is 0. The maximum atomic E-state index is 11.4. The smallest absolute Gasteiger partial charge is 1.00 e. The largest absolute Gasteiger partial charge is 1.00 e. The van der Waals surface area contributed by atoms with Gasteiger partial charge in [-0.25, -0.2) is 0 Å². The number of carbonyl (C=O) groups is 2. The summed E-state index contributed by atoms with van der Waals surface area (Å²) in [6, 6.07) is 0. The molecule has 1 aliphatic heterocycles. The first kappa shape index (κ1) is 37.0. The van der Waals surface area contributed by atoms with Crippen molar-refractivity contribution in [2.75, 3.05) is 27.2 Å². The Morgan fingerprint density at radius 1 is 1.08 bits per heavy atom. The van der Waals surface area contributed by atoms with E-state index in [9.17, 15) is 14.7 Å². The first-order valence-electron chi connectivity index (χ1n) is 8.02. The molecule has 0 aliphatic carbocycles. The molecule has 0 spiro atoms. The van der Waals surface area contributed by atoms with Crippen LogP contribution in [0.1, 0.15) is 61.8 Å². The minimum absolute atomic E-state index is 0. The predicted octanol–water partition coefficient (Wildman–Crippen LogP) is -3.71. The number of hydrogen-bond donors (Lipinski definition) is 1. The van der Waals surface area contributed by atoms with Gasteiger partial charge < -0.3 is 32.5 Å². The molecule has 7 heteroatoms. The zero-order valence-electron chi connectivity index (χ0n) is 15.2. The standard InChI is InChI=1S/C16H30N2O3.3CH4.ClH.Na/c1-5-11(15(17)19)7-13(16(20)21)8-14-10-18(3,4)9-12(14)6-2;;;;;/h11-14H,5-10H2,1-4H3,(H2-,17,19,20,21);3*1H4;1H;/q;;;;;+1/p-1. The molecule has 4 atom stereocenters. The number of likely N-dealkylation sites (tertiary alicyclic amines) is 1. The predicted molar refractivity (Wildman–Crippen MR) is 100 cm³/mol. The maximum Gasteiger partial charge on any atom is 1.00 e. The fourth-order valence-electron chi connectivity index (χ4n) is 3.85. The van der Waals surface area contributed by atoms with Crippen molar-refractivity contribution in [3.8, 4) is 0 Å². The van der Waals surface area contributed by atoms with E-state index in [0.717, 1.165) is 24.0 Å². The molecular formula is C19H42ClN2NaO3. The van der Waals surface area contributed by atoms with Crippen LogP contribution in [0.4, 0.5) is 0 Å². The Kier molecular flexibility index (Phi) is 23.0. The Bertz CT molecular complexity index is 395. The van der Waals surface area contributed by atoms with E-state index >= 15 is 0 Å². The quantitative estimate of drug-likeness (QED) is 0.334. The summed E-state index contributed by atoms with van der Waals surface area (Å²) in [5, 5.41) is 11.4. The Labute approximate surface area is 190 Å². The molecule has 1 fully saturated rings. The summed E-state index contributed by atoms with van der Waals surface area (Å²) in [6.45, 7) is 6.12. The summed E-state index contributed by atoms with van der Waals surface area (Å²) in [6.07, 6.45) is 2.57. The van der Waals surface area contributed by atoms with Gasteiger partial charge in [-0.05, 0) is 31.6 Å². The van der Waals surface area contributed by atoms with Gasteiger partial charge in [-0.1, -0.05) is 36.1 Å². The molecule has 0 radical (unpaired) electrons. The van der Waals surface area contributed by atoms with Gasteiger partial charge in [0, 0.05) is 23.7 Å². The topological polar surface area (TPSA) is 83.2 Å². The fourth-order valence-corrected chi connectivity index (χ4v) is 3.85. The van der Waals surface area contributed by atoms with Crippen molar-refractivity contribution < 1.29 is 61.1 Å². The van der Waals surface area contributed by atoms with Crippen molar-refractivity contribution in [1.29, 1.82) is 0 Å². The normalized spacial score (nSPS) is 22.0. The molecule has 0 aromatic rings. The van der Waals surface area contributed by atoms with E-state index in [1.54, 1.807) is 0 Å². The minimum Gasteiger partial charge on any atom is -1.00 e. The van der Waals surface area contributed by atoms with Crippen LogP contribution in [-0.2, 0) is 9.59 Å². The number of aliphatic carboxylic acids is 1. The van der Waals surface area contributed by atoms with Crippen LogP contribution in [-0.4, -0.2) is 43.5 Å². The third kappa shape index (κ3) is 11.1. The summed E-state index contributed by atoms with van der Waals surface area (Å²) < 4.78 is 0.940. The number of hydrogen-bond acceptors (Lipinski definition) is 3. The molecule has 0 aromatic heterocycles. The summed E-state index contributed by atoms with van der Waals surface area (Å²) in [7, 11) is 4.38. The molecule has 1 rings (SSSR count). The SMILES string of the molecule is C.C.C.CCC(CC(CC1C[N+](C)(C)CC1CC)C(=O)[O-])C(N)=O.[Cl-].[Na+]. The number of nitrogens with two attached hydrogens (primary N) is 1. The van der Waals surface area contributed by atoms with Gasteiger partial charge >= 0.3 is 29.6 Å². The van der Waals surface area contributed by atoms with Crippen molar-refractivity contribution in [3.05, 3.63) is 0 Å². The number of carbonyl (C=O) groups excluding carboxylic acids is 2. The molecule has 0 bridgehead atoms. The zero-order valence-corrected chi connectivity index (χ0v) is 17.9. The number of primary amides is 1. The fraction of sp³-hybridized carbons (Fsp3) is 0.895. The van der Waals surface area contributed by atoms with E-state index in [0.29, 0.717) is 31.1 Å². The van der Waals surface area contributed by atoms with Gasteiger partial charge in [-0.15, -0.1) is 0 Å². The van der Waals surface area contributed by atoms with Gasteiger partial charge in [-0.3, -0.25) is 4.79 Å². The van der Waals surface area contributed by atoms with Gasteiger partial charge in [-0.2, -0.15) is 0 Å². The molecule has 1 aliphatic rings. The molecule has 4 unspecified atom stereocenters. The van der Waals surface area contributed by atoms with Gasteiger partial charge in [0.2, 0.25) is 5.91 Å². The van der Waals surface area contributed by atoms with Gasteiger partial charge in [0.05, 0.1) is 27.2 Å². The Balaban J connectivity index is -0.000000294. The molecule has 1 heterocycles. The zero-order chi connectivity index (χ0) is 16.2. The third-order valence-electron chi connectivity index (χ3n) is 5.03. The molecule has 26 heavy (non-hydrogen) atoms. The van der Waals surface area contributed by atoms with Gasteiger partial charge in [0.15, 0.2) is 0 Å². The first-order chi connectivity index (χ1) is 9.70. The summed E-state index contributed by atoms with van der Waals surface area (Å²) in [4.78, 5) is 22.8. The molecule has 1 amide bonds. The van der Waals surface area contributed by atoms with E-state index in [1.165, 1.54) is 0 Å². The van der Waals surface area contributed by atoms with Crippen LogP contribution in [0.3, 0.4) is 0 Å². The minimum atomic E-state index is -1.04. The molecule has 2 N–H and O–H groups in total. The second kappa shape index (κ2) is 16.2. The van der Waals surface area contributed by atoms with Crippen LogP contribution in [0.5, 0.6) is 0 Å². The number of halogens is 1. The van der Waals surface area contributed by atoms with Gasteiger partial charge in [0.25, 0.3) is 0 Å². The maximum absolute atomic E-state index is 11.4. The number of nitrogens with zero attached hydrogens (tertiary/aromatic N) is 1. The number of quaternary nitrogens is 1. The van der Waals surface area contributed by atoms with E-state index < -0.39 is 17.8 Å². The Morgan fingerprint density at radius 2 is 1.54 bits per heavy atom. The molecular weight excluding hydrogens is 363 g/mol. The second-order valence-electron chi connectivity index (χ2n) is 7.22. The van der Waals surface area contributed by atoms with Crippen LogP contribution in [0.25, 0.3) is 0 Å². The van der Waals surface area contributed by atoms with Crippen molar-refractivity contribution in [3.63, 3.8) is 0 Å². The van der Waals surface area contributed by atoms with E-state index in [2.05, 4.69) is 21.0 Å². The van der Waals surface area contributed by atoms with Crippen LogP contribution in [0.15, 0.2) is 0 Å². The Hall–Kier alpha value is 0.190. The molecule has 0 saturated carbocycles. The van der Waals surface area contributed by atoms with Gasteiger partial charge in [0.1, 0.15) is 0 Å². The third-order valence-corrected chi connectivity index (χ3v) is 5.03. The first-order valence-corrected chi connectivity index (χ1v) is 8.02. The molecule has 154 valence electrons. The van der Waals surface area contributed by atoms with E-state index in [-0.39, 0.29) is 70.2 Å². The number of rotatable bonds is 8. The molecule has 0 aromatic carbocycles. The summed E-state index contributed by atoms with van der Waals surface area (Å²) in [5.74, 6) is -1.44. The number of amides is 1. The average molecular weight is 405 g/mol. The second-order valence-corrected chi connectivity index (χ2v) is 7.22. The summed E-state index contributed by atoms with van der Waals surface area (Å²) in [5.41, 5.74) is 5.35. The van der Waals surface area contributed by atoms with Crippen LogP contribution < -0.4 is 52.8 Å². The number of carboxylic acids is 1. The molecule has 5 nitrogen and oxygen atoms in total. The van der Waals surface area contributed by atoms with Crippen molar-refractivity contribution in [1.82, 2.24) is 0 Å². The monoisotopic (exact) mass is 404 g/mol. The van der Waals surface area contributed by atoms with Crippen LogP contribution in [0.2, 0.25) is 0 Å².